The van der Waals surface area contributed by atoms with Crippen LogP contribution in [0.3, 0.4) is 0 Å². The van der Waals surface area contributed by atoms with E-state index in [4.69, 9.17) is 4.74 Å². The largest absolute Gasteiger partial charge is 0.434 e. The lowest BCUT2D eigenvalue weighted by Crippen LogP contribution is -2.61. The van der Waals surface area contributed by atoms with Crippen molar-refractivity contribution in [3.8, 4) is 11.6 Å². The number of Topliss-reactive ketones (excluding diaryl/α,β-unsaturated/α-hetero) is 1. The summed E-state index contributed by atoms with van der Waals surface area (Å²) < 4.78 is 20.4. The number of rotatable bonds is 12. The third-order valence-corrected chi connectivity index (χ3v) is 8.08. The van der Waals surface area contributed by atoms with E-state index in [9.17, 15) is 14.0 Å². The highest BCUT2D eigenvalue weighted by atomic mass is 19.1. The van der Waals surface area contributed by atoms with Crippen molar-refractivity contribution in [3.63, 3.8) is 0 Å². The quantitative estimate of drug-likeness (QED) is 0.292. The maximum atomic E-state index is 14.3. The molecule has 1 spiro atoms. The molecule has 1 aromatic heterocycles. The SMILES string of the molecule is CC(C)C(C(=O)c1cc(F)ccc1Oc1nncnc1N1CCC2(C1)CN([C@H](CCC=O)C(C)C)C2)N(C)C. The summed E-state index contributed by atoms with van der Waals surface area (Å²) in [5, 5.41) is 8.15. The van der Waals surface area contributed by atoms with Crippen LogP contribution in [0.2, 0.25) is 0 Å². The Morgan fingerprint density at radius 1 is 1.18 bits per heavy atom. The number of likely N-dealkylation sites (tertiary alicyclic amines) is 1. The number of benzene rings is 1. The summed E-state index contributed by atoms with van der Waals surface area (Å²) in [7, 11) is 3.67. The summed E-state index contributed by atoms with van der Waals surface area (Å²) in [6, 6.07) is 3.94. The number of hydrogen-bond donors (Lipinski definition) is 0. The average molecular weight is 541 g/mol. The second-order valence-electron chi connectivity index (χ2n) is 12.0. The predicted molar refractivity (Wildman–Crippen MR) is 148 cm³/mol. The number of ether oxygens (including phenoxy) is 1. The first kappa shape index (κ1) is 29.0. The summed E-state index contributed by atoms with van der Waals surface area (Å²) in [6.45, 7) is 11.9. The maximum absolute atomic E-state index is 14.3. The van der Waals surface area contributed by atoms with Crippen LogP contribution in [0.25, 0.3) is 0 Å². The molecule has 4 rings (SSSR count). The average Bonchev–Trinajstić information content (AvgIpc) is 3.30. The molecule has 2 aliphatic heterocycles. The Balaban J connectivity index is 1.52. The van der Waals surface area contributed by atoms with Gasteiger partial charge in [0, 0.05) is 44.1 Å². The fourth-order valence-electron chi connectivity index (χ4n) is 6.32. The predicted octanol–water partition coefficient (Wildman–Crippen LogP) is 4.09. The molecule has 212 valence electrons. The van der Waals surface area contributed by atoms with Crippen LogP contribution in [0.1, 0.15) is 57.3 Å². The van der Waals surface area contributed by atoms with Gasteiger partial charge in [0.2, 0.25) is 0 Å². The molecule has 2 saturated heterocycles. The van der Waals surface area contributed by atoms with Crippen LogP contribution in [-0.4, -0.2) is 89.4 Å². The summed E-state index contributed by atoms with van der Waals surface area (Å²) >= 11 is 0. The summed E-state index contributed by atoms with van der Waals surface area (Å²) in [6.07, 6.45) is 4.90. The topological polar surface area (TPSA) is 91.8 Å². The molecule has 3 heterocycles. The molecule has 0 N–H and O–H groups in total. The highest BCUT2D eigenvalue weighted by molar-refractivity contribution is 6.02. The summed E-state index contributed by atoms with van der Waals surface area (Å²) in [5.41, 5.74) is 0.325. The Kier molecular flexibility index (Phi) is 8.96. The highest BCUT2D eigenvalue weighted by Crippen LogP contribution is 2.44. The molecule has 0 radical (unpaired) electrons. The van der Waals surface area contributed by atoms with E-state index in [0.29, 0.717) is 24.2 Å². The molecule has 9 nitrogen and oxygen atoms in total. The van der Waals surface area contributed by atoms with E-state index in [1.165, 1.54) is 24.5 Å². The smallest absolute Gasteiger partial charge is 0.282 e. The normalized spacial score (nSPS) is 18.6. The summed E-state index contributed by atoms with van der Waals surface area (Å²) in [5.74, 6) is 0.785. The number of halogens is 1. The molecule has 0 bridgehead atoms. The van der Waals surface area contributed by atoms with Crippen LogP contribution < -0.4 is 9.64 Å². The van der Waals surface area contributed by atoms with Gasteiger partial charge < -0.3 is 14.4 Å². The van der Waals surface area contributed by atoms with Gasteiger partial charge in [0.1, 0.15) is 24.2 Å². The first-order valence-electron chi connectivity index (χ1n) is 13.8. The van der Waals surface area contributed by atoms with E-state index in [0.717, 1.165) is 45.3 Å². The Hall–Kier alpha value is -2.98. The number of nitrogens with zero attached hydrogens (tertiary/aromatic N) is 6. The number of anilines is 1. The van der Waals surface area contributed by atoms with Gasteiger partial charge in [-0.05, 0) is 57.0 Å². The number of carbonyl (C=O) groups is 2. The van der Waals surface area contributed by atoms with Gasteiger partial charge in [-0.2, -0.15) is 0 Å². The van der Waals surface area contributed by atoms with Crippen molar-refractivity contribution in [2.24, 2.45) is 17.3 Å². The van der Waals surface area contributed by atoms with Gasteiger partial charge in [0.25, 0.3) is 5.88 Å². The minimum atomic E-state index is -0.506. The van der Waals surface area contributed by atoms with E-state index in [1.54, 1.807) is 0 Å². The van der Waals surface area contributed by atoms with Crippen LogP contribution in [-0.2, 0) is 4.79 Å². The zero-order valence-electron chi connectivity index (χ0n) is 23.9. The van der Waals surface area contributed by atoms with E-state index in [-0.39, 0.29) is 34.3 Å². The van der Waals surface area contributed by atoms with E-state index in [2.05, 4.69) is 38.8 Å². The van der Waals surface area contributed by atoms with Crippen LogP contribution in [0.15, 0.2) is 24.5 Å². The van der Waals surface area contributed by atoms with E-state index in [1.807, 2.05) is 32.8 Å². The fraction of sp³-hybridized carbons (Fsp3) is 0.621. The highest BCUT2D eigenvalue weighted by Gasteiger charge is 2.50. The molecule has 10 heteroatoms. The van der Waals surface area contributed by atoms with E-state index < -0.39 is 11.9 Å². The Morgan fingerprint density at radius 3 is 2.56 bits per heavy atom. The number of aromatic nitrogens is 3. The zero-order chi connectivity index (χ0) is 28.3. The lowest BCUT2D eigenvalue weighted by atomic mass is 9.76. The lowest BCUT2D eigenvalue weighted by Gasteiger charge is -2.52. The van der Waals surface area contributed by atoms with Crippen LogP contribution in [0.5, 0.6) is 11.6 Å². The molecular formula is C29H41FN6O3. The summed E-state index contributed by atoms with van der Waals surface area (Å²) in [4.78, 5) is 35.4. The molecule has 1 aromatic carbocycles. The third kappa shape index (κ3) is 6.27. The molecular weight excluding hydrogens is 499 g/mol. The Morgan fingerprint density at radius 2 is 1.92 bits per heavy atom. The van der Waals surface area contributed by atoms with Crippen molar-refractivity contribution in [2.45, 2.75) is 59.0 Å². The molecule has 0 amide bonds. The molecule has 0 saturated carbocycles. The van der Waals surface area contributed by atoms with E-state index >= 15 is 0 Å². The zero-order valence-corrected chi connectivity index (χ0v) is 23.9. The van der Waals surface area contributed by atoms with Crippen molar-refractivity contribution < 1.29 is 18.7 Å². The standard InChI is InChI=1S/C29H41FN6O3/c1-19(2)23(8-7-13-37)36-16-29(17-36)11-12-35(15-29)27-28(33-32-18-31-27)39-24-10-9-21(30)14-22(24)26(38)25(20(3)4)34(5)6/h9-10,13-14,18-20,23,25H,7-8,11-12,15-17H2,1-6H3/t23-,25?/m1/s1. The van der Waals surface area contributed by atoms with Crippen molar-refractivity contribution in [1.82, 2.24) is 25.0 Å². The minimum Gasteiger partial charge on any atom is -0.434 e. The first-order valence-corrected chi connectivity index (χ1v) is 13.8. The Labute approximate surface area is 230 Å². The number of carbonyl (C=O) groups excluding carboxylic acids is 2. The minimum absolute atomic E-state index is 0.0222. The van der Waals surface area contributed by atoms with Gasteiger partial charge in [-0.15, -0.1) is 10.2 Å². The number of hydrogen-bond acceptors (Lipinski definition) is 9. The van der Waals surface area contributed by atoms with Gasteiger partial charge in [0.15, 0.2) is 11.6 Å². The molecule has 0 aliphatic carbocycles. The van der Waals surface area contributed by atoms with Crippen molar-refractivity contribution in [1.29, 1.82) is 0 Å². The second kappa shape index (κ2) is 12.0. The molecule has 2 atom stereocenters. The third-order valence-electron chi connectivity index (χ3n) is 8.08. The molecule has 2 fully saturated rings. The van der Waals surface area contributed by atoms with Crippen molar-refractivity contribution in [3.05, 3.63) is 35.9 Å². The number of ketones is 1. The monoisotopic (exact) mass is 540 g/mol. The molecule has 1 unspecified atom stereocenters. The number of aldehydes is 1. The van der Waals surface area contributed by atoms with Crippen LogP contribution in [0, 0.1) is 23.1 Å². The van der Waals surface area contributed by atoms with Gasteiger partial charge in [0.05, 0.1) is 11.6 Å². The first-order chi connectivity index (χ1) is 18.5. The molecule has 39 heavy (non-hydrogen) atoms. The maximum Gasteiger partial charge on any atom is 0.282 e. The Bertz CT molecular complexity index is 1160. The number of likely N-dealkylation sites (N-methyl/N-ethyl adjacent to an activating group) is 1. The van der Waals surface area contributed by atoms with Crippen molar-refractivity contribution in [2.75, 3.05) is 45.2 Å². The molecule has 2 aliphatic rings. The van der Waals surface area contributed by atoms with Gasteiger partial charge >= 0.3 is 0 Å². The van der Waals surface area contributed by atoms with Gasteiger partial charge in [-0.25, -0.2) is 9.37 Å². The molecule has 2 aromatic rings. The fourth-order valence-corrected chi connectivity index (χ4v) is 6.32. The van der Waals surface area contributed by atoms with Crippen LogP contribution in [0.4, 0.5) is 10.2 Å². The van der Waals surface area contributed by atoms with Crippen LogP contribution >= 0.6 is 0 Å². The van der Waals surface area contributed by atoms with Gasteiger partial charge in [-0.3, -0.25) is 14.6 Å². The second-order valence-corrected chi connectivity index (χ2v) is 12.0. The van der Waals surface area contributed by atoms with Crippen molar-refractivity contribution >= 4 is 17.9 Å². The van der Waals surface area contributed by atoms with Gasteiger partial charge in [-0.1, -0.05) is 27.7 Å². The lowest BCUT2D eigenvalue weighted by molar-refractivity contribution is -0.108.